The largest absolute Gasteiger partial charge is 0.352 e. The van der Waals surface area contributed by atoms with E-state index in [2.05, 4.69) is 57.6 Å². The van der Waals surface area contributed by atoms with Gasteiger partial charge in [0.1, 0.15) is 5.82 Å². The molecule has 7 nitrogen and oxygen atoms in total. The molecule has 1 aromatic carbocycles. The van der Waals surface area contributed by atoms with Crippen molar-refractivity contribution in [2.24, 2.45) is 9.98 Å². The van der Waals surface area contributed by atoms with Crippen LogP contribution in [0.5, 0.6) is 0 Å². The molecule has 1 aliphatic carbocycles. The van der Waals surface area contributed by atoms with Crippen molar-refractivity contribution in [3.05, 3.63) is 87.6 Å². The first-order valence-electron chi connectivity index (χ1n) is 12.9. The van der Waals surface area contributed by atoms with Crippen LogP contribution in [0.25, 0.3) is 0 Å². The van der Waals surface area contributed by atoms with Crippen LogP contribution in [-0.4, -0.2) is 36.7 Å². The van der Waals surface area contributed by atoms with Crippen LogP contribution in [-0.2, 0) is 11.2 Å². The van der Waals surface area contributed by atoms with Gasteiger partial charge in [-0.05, 0) is 66.4 Å². The minimum absolute atomic E-state index is 0.170. The quantitative estimate of drug-likeness (QED) is 0.0691. The van der Waals surface area contributed by atoms with Crippen molar-refractivity contribution in [3.63, 3.8) is 0 Å². The van der Waals surface area contributed by atoms with Gasteiger partial charge in [-0.1, -0.05) is 57.5 Å². The van der Waals surface area contributed by atoms with Gasteiger partial charge in [0.05, 0.1) is 17.3 Å². The van der Waals surface area contributed by atoms with Gasteiger partial charge in [-0.15, -0.1) is 5.73 Å². The van der Waals surface area contributed by atoms with E-state index in [-0.39, 0.29) is 33.3 Å². The molecule has 0 aromatic heterocycles. The van der Waals surface area contributed by atoms with Crippen molar-refractivity contribution in [2.45, 2.75) is 52.5 Å². The fourth-order valence-corrected chi connectivity index (χ4v) is 4.21. The number of hydrogen-bond donors (Lipinski definition) is 4. The predicted molar refractivity (Wildman–Crippen MR) is 163 cm³/mol. The fraction of sp³-hybridized carbons (Fsp3) is 0.345. The predicted octanol–water partition coefficient (Wildman–Crippen LogP) is 5.48. The first-order valence-corrected chi connectivity index (χ1v) is 13.6. The van der Waals surface area contributed by atoms with Gasteiger partial charge in [0.15, 0.2) is 10.9 Å². The van der Waals surface area contributed by atoms with Crippen LogP contribution in [0.2, 0.25) is 0 Å². The molecule has 1 amide bonds. The van der Waals surface area contributed by atoms with Crippen molar-refractivity contribution >= 4 is 46.9 Å². The number of thiocarbonyl (C=S) groups is 1. The van der Waals surface area contributed by atoms with Gasteiger partial charge in [0.2, 0.25) is 0 Å². The van der Waals surface area contributed by atoms with Crippen LogP contribution in [0, 0.1) is 5.82 Å². The number of fused-ring (bicyclic) bond motifs is 1. The zero-order valence-corrected chi connectivity index (χ0v) is 24.4. The van der Waals surface area contributed by atoms with Crippen LogP contribution >= 0.6 is 23.8 Å². The molecule has 0 radical (unpaired) electrons. The van der Waals surface area contributed by atoms with E-state index in [1.807, 2.05) is 19.1 Å². The van der Waals surface area contributed by atoms with E-state index in [4.69, 9.17) is 23.8 Å². The molecule has 3 rings (SSSR count). The van der Waals surface area contributed by atoms with Gasteiger partial charge in [-0.2, -0.15) is 0 Å². The number of rotatable bonds is 6. The Hall–Kier alpha value is -3.52. The normalized spacial score (nSPS) is 16.1. The molecule has 0 saturated carbocycles. The summed E-state index contributed by atoms with van der Waals surface area (Å²) < 4.78 is 14.7. The lowest BCUT2D eigenvalue weighted by Gasteiger charge is -2.24. The average molecular weight is 571 g/mol. The Morgan fingerprint density at radius 2 is 2.05 bits per heavy atom. The molecule has 0 bridgehead atoms. The standard InChI is InChI=1S/C26H28ClFN6OS.C3H8/c1-4-12-31-25(35)16(2)14-21(27)24(29-3)33-34-26(36)32-23-19-8-5-9-22(28)18(19)11-10-17-7-6-13-30-15-20(17)23;1-3-2/h5,7-9,13-15,23H,2,4,10-12H2,1,3H3,(H,29,33)(H,31,35)(H2,32,34,36);3H2,1-2H3/b21-14+;. The minimum atomic E-state index is -0.446. The number of aliphatic imine (C=N–C) groups is 2. The zero-order chi connectivity index (χ0) is 28.8. The number of amides is 1. The third-order valence-corrected chi connectivity index (χ3v) is 6.07. The molecule has 10 heteroatoms. The molecular formula is C29H36ClFN6OS. The highest BCUT2D eigenvalue weighted by molar-refractivity contribution is 7.80. The lowest BCUT2D eigenvalue weighted by Crippen LogP contribution is -2.48. The van der Waals surface area contributed by atoms with Crippen molar-refractivity contribution in [2.75, 3.05) is 13.6 Å². The van der Waals surface area contributed by atoms with E-state index in [0.29, 0.717) is 24.9 Å². The van der Waals surface area contributed by atoms with E-state index in [9.17, 15) is 9.18 Å². The number of halogens is 2. The topological polar surface area (TPSA) is 89.9 Å². The lowest BCUT2D eigenvalue weighted by molar-refractivity contribution is -0.117. The SMILES string of the molecule is C=C(/C=C(/Cl)C(=NC)NNC(=S)NC1C2=C(C=C=CN=C2)CCc2c(F)cccc21)C(=O)NCCC.CCC. The molecule has 1 aromatic rings. The van der Waals surface area contributed by atoms with E-state index in [1.165, 1.54) is 18.6 Å². The van der Waals surface area contributed by atoms with Crippen molar-refractivity contribution in [1.29, 1.82) is 0 Å². The highest BCUT2D eigenvalue weighted by Crippen LogP contribution is 2.34. The number of carbonyl (C=O) groups is 1. The number of nitrogens with zero attached hydrogens (tertiary/aromatic N) is 2. The van der Waals surface area contributed by atoms with Gasteiger partial charge in [-0.3, -0.25) is 25.6 Å². The van der Waals surface area contributed by atoms with Crippen molar-refractivity contribution < 1.29 is 9.18 Å². The van der Waals surface area contributed by atoms with Crippen LogP contribution in [0.1, 0.15) is 57.2 Å². The molecule has 0 spiro atoms. The number of benzene rings is 1. The summed E-state index contributed by atoms with van der Waals surface area (Å²) in [6.07, 6.45) is 9.87. The second-order valence-electron chi connectivity index (χ2n) is 8.72. The molecule has 1 aliphatic heterocycles. The van der Waals surface area contributed by atoms with Gasteiger partial charge in [0, 0.05) is 31.0 Å². The summed E-state index contributed by atoms with van der Waals surface area (Å²) in [5, 5.41) is 6.38. The molecule has 1 heterocycles. The Kier molecular flexibility index (Phi) is 13.4. The third-order valence-electron chi connectivity index (χ3n) is 5.56. The third kappa shape index (κ3) is 9.32. The van der Waals surface area contributed by atoms with E-state index in [0.717, 1.165) is 23.1 Å². The maximum Gasteiger partial charge on any atom is 0.250 e. The second kappa shape index (κ2) is 16.4. The highest BCUT2D eigenvalue weighted by Gasteiger charge is 2.27. The molecule has 0 fully saturated rings. The Bertz CT molecular complexity index is 1260. The van der Waals surface area contributed by atoms with E-state index < -0.39 is 6.04 Å². The molecular weight excluding hydrogens is 535 g/mol. The van der Waals surface area contributed by atoms with Crippen LogP contribution in [0.4, 0.5) is 4.39 Å². The Labute approximate surface area is 240 Å². The van der Waals surface area contributed by atoms with Gasteiger partial charge >= 0.3 is 0 Å². The smallest absolute Gasteiger partial charge is 0.250 e. The number of allylic oxidation sites excluding steroid dienone is 2. The molecule has 39 heavy (non-hydrogen) atoms. The second-order valence-corrected chi connectivity index (χ2v) is 9.53. The maximum absolute atomic E-state index is 14.7. The van der Waals surface area contributed by atoms with E-state index >= 15 is 0 Å². The number of hydrazine groups is 1. The number of carbonyl (C=O) groups excluding carboxylic acids is 1. The summed E-state index contributed by atoms with van der Waals surface area (Å²) in [6, 6.07) is 4.58. The number of nitrogens with one attached hydrogen (secondary N) is 4. The molecule has 1 atom stereocenters. The summed E-state index contributed by atoms with van der Waals surface area (Å²) in [5.41, 5.74) is 12.2. The summed E-state index contributed by atoms with van der Waals surface area (Å²) in [7, 11) is 1.54. The molecule has 2 aliphatic rings. The van der Waals surface area contributed by atoms with Crippen LogP contribution in [0.3, 0.4) is 0 Å². The minimum Gasteiger partial charge on any atom is -0.352 e. The zero-order valence-electron chi connectivity index (χ0n) is 22.8. The van der Waals surface area contributed by atoms with Crippen LogP contribution in [0.15, 0.2) is 80.6 Å². The molecule has 208 valence electrons. The maximum atomic E-state index is 14.7. The first kappa shape index (κ1) is 31.7. The average Bonchev–Trinajstić information content (AvgIpc) is 3.23. The molecule has 4 N–H and O–H groups in total. The monoisotopic (exact) mass is 570 g/mol. The first-order chi connectivity index (χ1) is 18.8. The van der Waals surface area contributed by atoms with Crippen molar-refractivity contribution in [1.82, 2.24) is 21.5 Å². The summed E-state index contributed by atoms with van der Waals surface area (Å²) in [5.74, 6) is -0.320. The summed E-state index contributed by atoms with van der Waals surface area (Å²) >= 11 is 11.9. The van der Waals surface area contributed by atoms with Crippen molar-refractivity contribution in [3.8, 4) is 0 Å². The molecule has 0 saturated heterocycles. The van der Waals surface area contributed by atoms with Gasteiger partial charge in [-0.25, -0.2) is 4.39 Å². The molecule has 1 unspecified atom stereocenters. The van der Waals surface area contributed by atoms with Gasteiger partial charge < -0.3 is 10.6 Å². The Morgan fingerprint density at radius 3 is 2.74 bits per heavy atom. The Balaban J connectivity index is 0.00000170. The lowest BCUT2D eigenvalue weighted by atomic mass is 9.94. The number of amidine groups is 1. The summed E-state index contributed by atoms with van der Waals surface area (Å²) in [6.45, 7) is 10.5. The fourth-order valence-electron chi connectivity index (χ4n) is 3.78. The summed E-state index contributed by atoms with van der Waals surface area (Å²) in [4.78, 5) is 20.4. The number of hydrogen-bond acceptors (Lipinski definition) is 4. The van der Waals surface area contributed by atoms with Gasteiger partial charge in [0.25, 0.3) is 5.91 Å². The Morgan fingerprint density at radius 1 is 1.31 bits per heavy atom. The highest BCUT2D eigenvalue weighted by atomic mass is 35.5. The van der Waals surface area contributed by atoms with Crippen LogP contribution < -0.4 is 21.5 Å². The van der Waals surface area contributed by atoms with E-state index in [1.54, 1.807) is 25.5 Å².